The highest BCUT2D eigenvalue weighted by Gasteiger charge is 2.24. The molecule has 1 amide bonds. The van der Waals surface area contributed by atoms with Crippen LogP contribution < -0.4 is 0 Å². The Morgan fingerprint density at radius 3 is 2.58 bits per heavy atom. The molecule has 0 radical (unpaired) electrons. The van der Waals surface area contributed by atoms with Crippen molar-refractivity contribution in [3.8, 4) is 0 Å². The smallest absolute Gasteiger partial charge is 0.253 e. The lowest BCUT2D eigenvalue weighted by atomic mass is 10.1. The summed E-state index contributed by atoms with van der Waals surface area (Å²) in [7, 11) is 0. The standard InChI is InChI=1S/C20H22BrNO2/c1-15-4-8-17(9-5-15)20(23)22-12-2-3-19(13-22)24-14-16-6-10-18(21)11-7-16/h4-11,19H,2-3,12-14H2,1H3/t19-/m1/s1. The third-order valence-electron chi connectivity index (χ3n) is 4.36. The molecular formula is C20H22BrNO2. The zero-order chi connectivity index (χ0) is 16.9. The van der Waals surface area contributed by atoms with Gasteiger partial charge in [-0.15, -0.1) is 0 Å². The molecule has 0 saturated carbocycles. The molecular weight excluding hydrogens is 366 g/mol. The van der Waals surface area contributed by atoms with Gasteiger partial charge in [0, 0.05) is 23.1 Å². The van der Waals surface area contributed by atoms with E-state index in [4.69, 9.17) is 4.74 Å². The van der Waals surface area contributed by atoms with Gasteiger partial charge in [-0.1, -0.05) is 45.8 Å². The lowest BCUT2D eigenvalue weighted by Gasteiger charge is -2.32. The molecule has 1 aliphatic rings. The van der Waals surface area contributed by atoms with Gasteiger partial charge in [0.05, 0.1) is 12.7 Å². The van der Waals surface area contributed by atoms with Crippen LogP contribution in [0, 0.1) is 6.92 Å². The van der Waals surface area contributed by atoms with Crippen LogP contribution in [0.4, 0.5) is 0 Å². The maximum absolute atomic E-state index is 12.6. The Hall–Kier alpha value is -1.65. The lowest BCUT2D eigenvalue weighted by molar-refractivity contribution is -0.00673. The van der Waals surface area contributed by atoms with E-state index in [1.807, 2.05) is 48.2 Å². The number of halogens is 1. The number of benzene rings is 2. The summed E-state index contributed by atoms with van der Waals surface area (Å²) in [5.41, 5.74) is 3.08. The molecule has 4 heteroatoms. The molecule has 0 unspecified atom stereocenters. The van der Waals surface area contributed by atoms with Crippen LogP contribution in [0.25, 0.3) is 0 Å². The number of amides is 1. The first-order valence-corrected chi connectivity index (χ1v) is 9.13. The Morgan fingerprint density at radius 1 is 1.17 bits per heavy atom. The lowest BCUT2D eigenvalue weighted by Crippen LogP contribution is -2.43. The maximum atomic E-state index is 12.6. The number of piperidine rings is 1. The molecule has 0 bridgehead atoms. The predicted octanol–water partition coefficient (Wildman–Crippen LogP) is 4.58. The van der Waals surface area contributed by atoms with Gasteiger partial charge in [0.25, 0.3) is 5.91 Å². The molecule has 0 aliphatic carbocycles. The van der Waals surface area contributed by atoms with Crippen LogP contribution in [0.15, 0.2) is 53.0 Å². The molecule has 1 saturated heterocycles. The Bertz CT molecular complexity index is 682. The highest BCUT2D eigenvalue weighted by Crippen LogP contribution is 2.18. The van der Waals surface area contributed by atoms with Gasteiger partial charge in [0.15, 0.2) is 0 Å². The van der Waals surface area contributed by atoms with Crippen LogP contribution in [0.1, 0.15) is 34.3 Å². The van der Waals surface area contributed by atoms with Gasteiger partial charge in [0.1, 0.15) is 0 Å². The van der Waals surface area contributed by atoms with Crippen LogP contribution in [0.3, 0.4) is 0 Å². The summed E-state index contributed by atoms with van der Waals surface area (Å²) in [6, 6.07) is 15.9. The van der Waals surface area contributed by atoms with Gasteiger partial charge < -0.3 is 9.64 Å². The summed E-state index contributed by atoms with van der Waals surface area (Å²) in [5.74, 6) is 0.104. The van der Waals surface area contributed by atoms with Crippen molar-refractivity contribution in [2.75, 3.05) is 13.1 Å². The molecule has 1 atom stereocenters. The summed E-state index contributed by atoms with van der Waals surface area (Å²) < 4.78 is 7.10. The van der Waals surface area contributed by atoms with Crippen molar-refractivity contribution in [2.24, 2.45) is 0 Å². The van der Waals surface area contributed by atoms with Gasteiger partial charge in [-0.25, -0.2) is 0 Å². The van der Waals surface area contributed by atoms with E-state index in [2.05, 4.69) is 28.1 Å². The van der Waals surface area contributed by atoms with Gasteiger partial charge >= 0.3 is 0 Å². The summed E-state index contributed by atoms with van der Waals surface area (Å²) in [6.07, 6.45) is 2.10. The molecule has 2 aromatic carbocycles. The molecule has 1 fully saturated rings. The Labute approximate surface area is 151 Å². The minimum atomic E-state index is 0.104. The van der Waals surface area contributed by atoms with E-state index in [1.165, 1.54) is 5.56 Å². The quantitative estimate of drug-likeness (QED) is 0.768. The normalized spacial score (nSPS) is 17.8. The SMILES string of the molecule is Cc1ccc(C(=O)N2CCC[C@@H](OCc3ccc(Br)cc3)C2)cc1. The number of hydrogen-bond acceptors (Lipinski definition) is 2. The predicted molar refractivity (Wildman–Crippen MR) is 99.0 cm³/mol. The molecule has 3 nitrogen and oxygen atoms in total. The first-order valence-electron chi connectivity index (χ1n) is 8.34. The zero-order valence-corrected chi connectivity index (χ0v) is 15.5. The van der Waals surface area contributed by atoms with Crippen molar-refractivity contribution in [2.45, 2.75) is 32.5 Å². The Morgan fingerprint density at radius 2 is 1.88 bits per heavy atom. The number of carbonyl (C=O) groups excluding carboxylic acids is 1. The van der Waals surface area contributed by atoms with Crippen molar-refractivity contribution < 1.29 is 9.53 Å². The molecule has 126 valence electrons. The van der Waals surface area contributed by atoms with Crippen LogP contribution in [0.5, 0.6) is 0 Å². The van der Waals surface area contributed by atoms with Crippen molar-refractivity contribution in [3.05, 3.63) is 69.7 Å². The van der Waals surface area contributed by atoms with E-state index in [0.717, 1.165) is 35.0 Å². The number of ether oxygens (including phenoxy) is 1. The van der Waals surface area contributed by atoms with Crippen LogP contribution in [-0.4, -0.2) is 30.0 Å². The first kappa shape index (κ1) is 17.2. The molecule has 1 aliphatic heterocycles. The van der Waals surface area contributed by atoms with E-state index in [0.29, 0.717) is 13.2 Å². The second-order valence-corrected chi connectivity index (χ2v) is 7.23. The number of likely N-dealkylation sites (tertiary alicyclic amines) is 1. The van der Waals surface area contributed by atoms with Crippen molar-refractivity contribution >= 4 is 21.8 Å². The maximum Gasteiger partial charge on any atom is 0.253 e. The monoisotopic (exact) mass is 387 g/mol. The van der Waals surface area contributed by atoms with E-state index >= 15 is 0 Å². The van der Waals surface area contributed by atoms with Gasteiger partial charge in [-0.2, -0.15) is 0 Å². The number of nitrogens with zero attached hydrogens (tertiary/aromatic N) is 1. The largest absolute Gasteiger partial charge is 0.372 e. The zero-order valence-electron chi connectivity index (χ0n) is 13.9. The fourth-order valence-corrected chi connectivity index (χ4v) is 3.20. The molecule has 24 heavy (non-hydrogen) atoms. The van der Waals surface area contributed by atoms with Crippen molar-refractivity contribution in [3.63, 3.8) is 0 Å². The van der Waals surface area contributed by atoms with Gasteiger partial charge in [-0.3, -0.25) is 4.79 Å². The second-order valence-electron chi connectivity index (χ2n) is 6.32. The van der Waals surface area contributed by atoms with E-state index < -0.39 is 0 Å². The molecule has 0 aromatic heterocycles. The van der Waals surface area contributed by atoms with Crippen molar-refractivity contribution in [1.29, 1.82) is 0 Å². The Kier molecular flexibility index (Phi) is 5.69. The average molecular weight is 388 g/mol. The molecule has 0 N–H and O–H groups in total. The number of aryl methyl sites for hydroxylation is 1. The second kappa shape index (κ2) is 7.95. The van der Waals surface area contributed by atoms with Crippen LogP contribution >= 0.6 is 15.9 Å². The van der Waals surface area contributed by atoms with Gasteiger partial charge in [0.2, 0.25) is 0 Å². The summed E-state index contributed by atoms with van der Waals surface area (Å²) in [5, 5.41) is 0. The highest BCUT2D eigenvalue weighted by atomic mass is 79.9. The van der Waals surface area contributed by atoms with E-state index in [-0.39, 0.29) is 12.0 Å². The number of hydrogen-bond donors (Lipinski definition) is 0. The van der Waals surface area contributed by atoms with Crippen molar-refractivity contribution in [1.82, 2.24) is 4.90 Å². The fourth-order valence-electron chi connectivity index (χ4n) is 2.93. The topological polar surface area (TPSA) is 29.5 Å². The molecule has 3 rings (SSSR count). The number of carbonyl (C=O) groups is 1. The fraction of sp³-hybridized carbons (Fsp3) is 0.350. The van der Waals surface area contributed by atoms with Gasteiger partial charge in [-0.05, 0) is 49.6 Å². The summed E-state index contributed by atoms with van der Waals surface area (Å²) in [4.78, 5) is 14.6. The Balaban J connectivity index is 1.56. The summed E-state index contributed by atoms with van der Waals surface area (Å²) in [6.45, 7) is 4.10. The molecule has 1 heterocycles. The van der Waals surface area contributed by atoms with Crippen LogP contribution in [0.2, 0.25) is 0 Å². The highest BCUT2D eigenvalue weighted by molar-refractivity contribution is 9.10. The third-order valence-corrected chi connectivity index (χ3v) is 4.89. The van der Waals surface area contributed by atoms with E-state index in [1.54, 1.807) is 0 Å². The molecule has 2 aromatic rings. The third kappa shape index (κ3) is 4.46. The average Bonchev–Trinajstić information content (AvgIpc) is 2.61. The first-order chi connectivity index (χ1) is 11.6. The molecule has 0 spiro atoms. The minimum Gasteiger partial charge on any atom is -0.372 e. The summed E-state index contributed by atoms with van der Waals surface area (Å²) >= 11 is 3.44. The van der Waals surface area contributed by atoms with Crippen LogP contribution in [-0.2, 0) is 11.3 Å². The number of rotatable bonds is 4. The minimum absolute atomic E-state index is 0.104. The van der Waals surface area contributed by atoms with E-state index in [9.17, 15) is 4.79 Å².